The molecule has 2 aliphatic rings. The first-order valence-corrected chi connectivity index (χ1v) is 12.7. The molecule has 2 aromatic rings. The number of hydrogen-bond donors (Lipinski definition) is 5. The number of rotatable bonds is 8. The maximum absolute atomic E-state index is 12.9. The van der Waals surface area contributed by atoms with Gasteiger partial charge in [-0.25, -0.2) is 9.59 Å². The van der Waals surface area contributed by atoms with E-state index in [1.165, 1.54) is 39.5 Å². The Balaban J connectivity index is 1.39. The van der Waals surface area contributed by atoms with Gasteiger partial charge in [0.25, 0.3) is 5.91 Å². The smallest absolute Gasteiger partial charge is 0.352 e. The average Bonchev–Trinajstić information content (AvgIpc) is 3.38. The van der Waals surface area contributed by atoms with E-state index in [0.717, 1.165) is 0 Å². The van der Waals surface area contributed by atoms with Crippen molar-refractivity contribution in [1.82, 2.24) is 30.5 Å². The molecule has 4 rings (SSSR count). The summed E-state index contributed by atoms with van der Waals surface area (Å²) in [5.74, 6) is -1.54. The number of carbonyl (C=O) groups is 4. The van der Waals surface area contributed by atoms with Gasteiger partial charge >= 0.3 is 12.0 Å². The number of benzene rings is 1. The maximum Gasteiger partial charge on any atom is 0.352 e. The largest absolute Gasteiger partial charge is 0.477 e. The van der Waals surface area contributed by atoms with Crippen LogP contribution in [-0.2, 0) is 14.4 Å². The van der Waals surface area contributed by atoms with Crippen LogP contribution in [0.1, 0.15) is 11.6 Å². The number of β-lactam (4-membered cyclic amide) rings is 1. The second kappa shape index (κ2) is 10.6. The minimum absolute atomic E-state index is 0.0649. The molecule has 0 radical (unpaired) electrons. The third kappa shape index (κ3) is 5.17. The van der Waals surface area contributed by atoms with Crippen molar-refractivity contribution in [2.75, 3.05) is 30.9 Å². The number of H-pyrrole nitrogens is 1. The SMILES string of the molecule is CN(C)C(=O)Nc1ccc(C(N)C(=O)NC2C(=O)N3C(C(=O)O)=C(CSc4cn[nH]n4)CS[C@H]23)cc1. The van der Waals surface area contributed by atoms with Gasteiger partial charge in [0.05, 0.1) is 6.20 Å². The molecule has 13 nitrogen and oxygen atoms in total. The zero-order chi connectivity index (χ0) is 26.0. The fraction of sp³-hybridized carbons (Fsp3) is 0.333. The second-order valence-corrected chi connectivity index (χ2v) is 10.3. The molecular weight excluding hydrogens is 508 g/mol. The van der Waals surface area contributed by atoms with E-state index in [1.54, 1.807) is 38.4 Å². The van der Waals surface area contributed by atoms with Gasteiger partial charge in [-0.3, -0.25) is 14.5 Å². The fourth-order valence-electron chi connectivity index (χ4n) is 3.62. The van der Waals surface area contributed by atoms with Gasteiger partial charge in [-0.15, -0.1) is 16.9 Å². The summed E-state index contributed by atoms with van der Waals surface area (Å²) in [7, 11) is 3.23. The van der Waals surface area contributed by atoms with Crippen molar-refractivity contribution in [2.24, 2.45) is 5.73 Å². The summed E-state index contributed by atoms with van der Waals surface area (Å²) < 4.78 is 0. The van der Waals surface area contributed by atoms with Crippen LogP contribution in [0.2, 0.25) is 0 Å². The van der Waals surface area contributed by atoms with Crippen molar-refractivity contribution in [3.63, 3.8) is 0 Å². The van der Waals surface area contributed by atoms with Crippen LogP contribution >= 0.6 is 23.5 Å². The Morgan fingerprint density at radius 1 is 1.33 bits per heavy atom. The number of anilines is 1. The van der Waals surface area contributed by atoms with Crippen LogP contribution in [0.3, 0.4) is 0 Å². The lowest BCUT2D eigenvalue weighted by Crippen LogP contribution is -2.71. The third-order valence-electron chi connectivity index (χ3n) is 5.54. The van der Waals surface area contributed by atoms with Crippen LogP contribution in [0.15, 0.2) is 46.8 Å². The van der Waals surface area contributed by atoms with E-state index in [4.69, 9.17) is 5.73 Å². The number of nitrogens with one attached hydrogen (secondary N) is 3. The Hall–Kier alpha value is -3.56. The average molecular weight is 533 g/mol. The Morgan fingerprint density at radius 3 is 2.67 bits per heavy atom. The van der Waals surface area contributed by atoms with Crippen molar-refractivity contribution >= 4 is 53.0 Å². The van der Waals surface area contributed by atoms with Gasteiger partial charge in [0.1, 0.15) is 28.2 Å². The number of aromatic nitrogens is 3. The van der Waals surface area contributed by atoms with Crippen LogP contribution in [0.5, 0.6) is 0 Å². The molecule has 2 aliphatic heterocycles. The van der Waals surface area contributed by atoms with Crippen LogP contribution in [-0.4, -0.2) is 91.1 Å². The first-order valence-electron chi connectivity index (χ1n) is 10.7. The Morgan fingerprint density at radius 2 is 2.06 bits per heavy atom. The summed E-state index contributed by atoms with van der Waals surface area (Å²) in [6, 6.07) is 4.25. The number of amides is 4. The number of fused-ring (bicyclic) bond motifs is 1. The molecule has 36 heavy (non-hydrogen) atoms. The van der Waals surface area contributed by atoms with E-state index in [2.05, 4.69) is 26.0 Å². The highest BCUT2D eigenvalue weighted by molar-refractivity contribution is 8.01. The second-order valence-electron chi connectivity index (χ2n) is 8.17. The van der Waals surface area contributed by atoms with Crippen LogP contribution in [0, 0.1) is 0 Å². The molecule has 2 unspecified atom stereocenters. The zero-order valence-electron chi connectivity index (χ0n) is 19.3. The number of urea groups is 1. The van der Waals surface area contributed by atoms with Crippen molar-refractivity contribution in [2.45, 2.75) is 22.5 Å². The van der Waals surface area contributed by atoms with E-state index >= 15 is 0 Å². The molecule has 0 bridgehead atoms. The molecule has 6 N–H and O–H groups in total. The lowest BCUT2D eigenvalue weighted by molar-refractivity contribution is -0.150. The third-order valence-corrected chi connectivity index (χ3v) is 7.87. The lowest BCUT2D eigenvalue weighted by atomic mass is 10.0. The monoisotopic (exact) mass is 532 g/mol. The molecule has 0 aliphatic carbocycles. The van der Waals surface area contributed by atoms with Crippen molar-refractivity contribution < 1.29 is 24.3 Å². The number of nitrogens with zero attached hydrogens (tertiary/aromatic N) is 4. The van der Waals surface area contributed by atoms with Gasteiger partial charge in [-0.05, 0) is 23.3 Å². The van der Waals surface area contributed by atoms with Gasteiger partial charge in [-0.1, -0.05) is 23.9 Å². The molecule has 3 heterocycles. The molecule has 15 heteroatoms. The summed E-state index contributed by atoms with van der Waals surface area (Å²) in [4.78, 5) is 52.0. The van der Waals surface area contributed by atoms with Gasteiger partial charge in [0.15, 0.2) is 0 Å². The predicted octanol–water partition coefficient (Wildman–Crippen LogP) is 0.429. The summed E-state index contributed by atoms with van der Waals surface area (Å²) in [6.07, 6.45) is 1.53. The summed E-state index contributed by atoms with van der Waals surface area (Å²) in [6.45, 7) is 0. The highest BCUT2D eigenvalue weighted by Crippen LogP contribution is 2.41. The quantitative estimate of drug-likeness (QED) is 0.236. The van der Waals surface area contributed by atoms with Crippen LogP contribution < -0.4 is 16.4 Å². The number of hydrogen-bond acceptors (Lipinski definition) is 9. The zero-order valence-corrected chi connectivity index (χ0v) is 20.9. The maximum atomic E-state index is 12.9. The first kappa shape index (κ1) is 25.5. The molecule has 0 saturated carbocycles. The van der Waals surface area contributed by atoms with E-state index in [1.807, 2.05) is 0 Å². The number of carboxylic acid groups (broad SMARTS) is 1. The van der Waals surface area contributed by atoms with E-state index < -0.39 is 35.2 Å². The Bertz CT molecular complexity index is 1200. The number of nitrogens with two attached hydrogens (primary N) is 1. The molecular formula is C21H24N8O5S2. The minimum atomic E-state index is -1.20. The van der Waals surface area contributed by atoms with E-state index in [-0.39, 0.29) is 11.7 Å². The fourth-order valence-corrected chi connectivity index (χ4v) is 5.89. The molecule has 3 atom stereocenters. The van der Waals surface area contributed by atoms with Crippen LogP contribution in [0.25, 0.3) is 0 Å². The molecule has 1 aromatic carbocycles. The highest BCUT2D eigenvalue weighted by Gasteiger charge is 2.54. The Kier molecular flexibility index (Phi) is 7.51. The highest BCUT2D eigenvalue weighted by atomic mass is 32.2. The first-order chi connectivity index (χ1) is 17.2. The summed E-state index contributed by atoms with van der Waals surface area (Å²) in [5, 5.41) is 25.3. The molecule has 1 saturated heterocycles. The molecule has 1 aromatic heterocycles. The van der Waals surface area contributed by atoms with Crippen molar-refractivity contribution in [1.29, 1.82) is 0 Å². The molecule has 4 amide bonds. The predicted molar refractivity (Wildman–Crippen MR) is 133 cm³/mol. The Labute approximate surface area is 214 Å². The lowest BCUT2D eigenvalue weighted by Gasteiger charge is -2.49. The molecule has 0 spiro atoms. The van der Waals surface area contributed by atoms with Crippen molar-refractivity contribution in [3.05, 3.63) is 47.3 Å². The van der Waals surface area contributed by atoms with Gasteiger partial charge < -0.3 is 26.4 Å². The van der Waals surface area contributed by atoms with Crippen molar-refractivity contribution in [3.8, 4) is 0 Å². The standard InChI is InChI=1S/C21H24N8O5S2/c1-28(2)21(34)24-12-5-3-10(4-6-12)14(22)17(30)25-15-18(31)29-16(20(32)33)11(9-36-19(15)29)8-35-13-7-23-27-26-13/h3-7,14-15,19H,8-9,22H2,1-2H3,(H,24,34)(H,25,30)(H,32,33)(H,23,26,27)/t14?,15?,19-/m1/s1. The molecule has 1 fully saturated rings. The number of carbonyl (C=O) groups excluding carboxylic acids is 3. The van der Waals surface area contributed by atoms with Gasteiger partial charge in [0.2, 0.25) is 5.91 Å². The van der Waals surface area contributed by atoms with E-state index in [9.17, 15) is 24.3 Å². The summed E-state index contributed by atoms with van der Waals surface area (Å²) in [5.41, 5.74) is 7.66. The van der Waals surface area contributed by atoms with Gasteiger partial charge in [-0.2, -0.15) is 10.3 Å². The summed E-state index contributed by atoms with van der Waals surface area (Å²) >= 11 is 2.69. The number of thioether (sulfide) groups is 2. The number of aliphatic carboxylic acids is 1. The minimum Gasteiger partial charge on any atom is -0.477 e. The van der Waals surface area contributed by atoms with Crippen LogP contribution in [0.4, 0.5) is 10.5 Å². The number of carboxylic acids is 1. The van der Waals surface area contributed by atoms with E-state index in [0.29, 0.717) is 33.4 Å². The van der Waals surface area contributed by atoms with Gasteiger partial charge in [0, 0.05) is 31.3 Å². The normalized spacial score (nSPS) is 19.8. The number of aromatic amines is 1. The topological polar surface area (TPSA) is 187 Å². The molecule has 190 valence electrons.